The Morgan fingerprint density at radius 1 is 1.56 bits per heavy atom. The van der Waals surface area contributed by atoms with E-state index in [1.54, 1.807) is 0 Å². The van der Waals surface area contributed by atoms with Crippen molar-refractivity contribution in [3.63, 3.8) is 0 Å². The van der Waals surface area contributed by atoms with Crippen LogP contribution < -0.4 is 10.6 Å². The van der Waals surface area contributed by atoms with Gasteiger partial charge in [0.25, 0.3) is 0 Å². The number of hydrogen-bond donors (Lipinski definition) is 2. The largest absolute Gasteiger partial charge is 0.316 e. The first kappa shape index (κ1) is 11.6. The van der Waals surface area contributed by atoms with Crippen LogP contribution in [0.25, 0.3) is 0 Å². The normalized spacial score (nSPS) is 22.9. The maximum atomic E-state index is 4.36. The monoisotopic (exact) mass is 219 g/mol. The zero-order valence-corrected chi connectivity index (χ0v) is 9.95. The summed E-state index contributed by atoms with van der Waals surface area (Å²) < 4.78 is 0. The fourth-order valence-corrected chi connectivity index (χ4v) is 2.18. The molecule has 2 rings (SSSR count). The number of piperidine rings is 1. The number of hydrogen-bond acceptors (Lipinski definition) is 3. The van der Waals surface area contributed by atoms with Crippen molar-refractivity contribution in [3.8, 4) is 0 Å². The second-order valence-electron chi connectivity index (χ2n) is 4.60. The smallest absolute Gasteiger partial charge is 0.0570 e. The van der Waals surface area contributed by atoms with Gasteiger partial charge in [-0.1, -0.05) is 6.07 Å². The lowest BCUT2D eigenvalue weighted by Gasteiger charge is -2.24. The predicted octanol–water partition coefficient (Wildman–Crippen LogP) is 1.73. The van der Waals surface area contributed by atoms with Crippen molar-refractivity contribution in [1.29, 1.82) is 0 Å². The minimum atomic E-state index is 0.350. The maximum absolute atomic E-state index is 4.36. The summed E-state index contributed by atoms with van der Waals surface area (Å²) in [5, 5.41) is 7.01. The number of aromatic nitrogens is 1. The molecule has 2 atom stereocenters. The third-order valence-corrected chi connectivity index (χ3v) is 3.24. The van der Waals surface area contributed by atoms with Crippen LogP contribution in [0.15, 0.2) is 24.4 Å². The molecule has 1 unspecified atom stereocenters. The summed E-state index contributed by atoms with van der Waals surface area (Å²) in [6.45, 7) is 5.61. The summed E-state index contributed by atoms with van der Waals surface area (Å²) in [5.74, 6) is 0.778. The Morgan fingerprint density at radius 2 is 2.50 bits per heavy atom. The SMILES string of the molecule is C[C@H](NCC1CCCNC1)c1ccccn1. The average Bonchev–Trinajstić information content (AvgIpc) is 2.38. The molecular formula is C13H21N3. The lowest BCUT2D eigenvalue weighted by Crippen LogP contribution is -2.36. The van der Waals surface area contributed by atoms with E-state index in [0.29, 0.717) is 6.04 Å². The Bertz CT molecular complexity index is 293. The van der Waals surface area contributed by atoms with Gasteiger partial charge in [-0.3, -0.25) is 4.98 Å². The maximum Gasteiger partial charge on any atom is 0.0570 e. The summed E-state index contributed by atoms with van der Waals surface area (Å²) in [6, 6.07) is 6.43. The molecule has 2 N–H and O–H groups in total. The van der Waals surface area contributed by atoms with Gasteiger partial charge in [-0.25, -0.2) is 0 Å². The summed E-state index contributed by atoms with van der Waals surface area (Å²) in [6.07, 6.45) is 4.51. The summed E-state index contributed by atoms with van der Waals surface area (Å²) in [7, 11) is 0. The molecule has 1 aliphatic rings. The molecule has 0 spiro atoms. The van der Waals surface area contributed by atoms with E-state index >= 15 is 0 Å². The highest BCUT2D eigenvalue weighted by atomic mass is 15.0. The molecule has 16 heavy (non-hydrogen) atoms. The molecular weight excluding hydrogens is 198 g/mol. The van der Waals surface area contributed by atoms with Gasteiger partial charge in [0.05, 0.1) is 5.69 Å². The van der Waals surface area contributed by atoms with Crippen LogP contribution in [0.2, 0.25) is 0 Å². The van der Waals surface area contributed by atoms with Crippen LogP contribution in [0, 0.1) is 5.92 Å². The van der Waals surface area contributed by atoms with Gasteiger partial charge in [-0.15, -0.1) is 0 Å². The van der Waals surface area contributed by atoms with Gasteiger partial charge in [-0.2, -0.15) is 0 Å². The summed E-state index contributed by atoms with van der Waals surface area (Å²) in [5.41, 5.74) is 1.13. The molecule has 1 saturated heterocycles. The number of nitrogens with one attached hydrogen (secondary N) is 2. The van der Waals surface area contributed by atoms with Gasteiger partial charge in [0.1, 0.15) is 0 Å². The highest BCUT2D eigenvalue weighted by Gasteiger charge is 2.14. The van der Waals surface area contributed by atoms with E-state index in [-0.39, 0.29) is 0 Å². The molecule has 3 nitrogen and oxygen atoms in total. The zero-order valence-electron chi connectivity index (χ0n) is 9.95. The third kappa shape index (κ3) is 3.29. The van der Waals surface area contributed by atoms with Crippen LogP contribution in [-0.2, 0) is 0 Å². The predicted molar refractivity (Wildman–Crippen MR) is 66.2 cm³/mol. The van der Waals surface area contributed by atoms with Crippen LogP contribution in [0.4, 0.5) is 0 Å². The Hall–Kier alpha value is -0.930. The first-order valence-corrected chi connectivity index (χ1v) is 6.21. The van der Waals surface area contributed by atoms with Crippen molar-refractivity contribution in [2.24, 2.45) is 5.92 Å². The lowest BCUT2D eigenvalue weighted by molar-refractivity contribution is 0.347. The molecule has 0 aliphatic carbocycles. The molecule has 1 aromatic heterocycles. The van der Waals surface area contributed by atoms with Crippen molar-refractivity contribution >= 4 is 0 Å². The van der Waals surface area contributed by atoms with E-state index in [9.17, 15) is 0 Å². The minimum absolute atomic E-state index is 0.350. The van der Waals surface area contributed by atoms with Crippen LogP contribution in [0.1, 0.15) is 31.5 Å². The Balaban J connectivity index is 1.77. The standard InChI is InChI=1S/C13H21N3/c1-11(13-6-2-3-8-15-13)16-10-12-5-4-7-14-9-12/h2-3,6,8,11-12,14,16H,4-5,7,9-10H2,1H3/t11-,12?/m0/s1. The lowest BCUT2D eigenvalue weighted by atomic mass is 9.99. The Kier molecular flexibility index (Phi) is 4.31. The Labute approximate surface area is 97.7 Å². The van der Waals surface area contributed by atoms with Gasteiger partial charge >= 0.3 is 0 Å². The first-order chi connectivity index (χ1) is 7.86. The van der Waals surface area contributed by atoms with Gasteiger partial charge < -0.3 is 10.6 Å². The van der Waals surface area contributed by atoms with E-state index in [1.165, 1.54) is 19.4 Å². The number of nitrogens with zero attached hydrogens (tertiary/aromatic N) is 1. The molecule has 1 aliphatic heterocycles. The van der Waals surface area contributed by atoms with Crippen LogP contribution in [0.3, 0.4) is 0 Å². The third-order valence-electron chi connectivity index (χ3n) is 3.24. The quantitative estimate of drug-likeness (QED) is 0.810. The summed E-state index contributed by atoms with van der Waals surface area (Å²) in [4.78, 5) is 4.36. The molecule has 2 heterocycles. The zero-order chi connectivity index (χ0) is 11.2. The number of pyridine rings is 1. The van der Waals surface area contributed by atoms with Crippen molar-refractivity contribution in [2.45, 2.75) is 25.8 Å². The van der Waals surface area contributed by atoms with E-state index in [2.05, 4.69) is 28.6 Å². The molecule has 0 radical (unpaired) electrons. The first-order valence-electron chi connectivity index (χ1n) is 6.21. The molecule has 1 aromatic rings. The minimum Gasteiger partial charge on any atom is -0.316 e. The molecule has 0 amide bonds. The van der Waals surface area contributed by atoms with E-state index in [1.807, 2.05) is 18.3 Å². The van der Waals surface area contributed by atoms with Gasteiger partial charge in [0.15, 0.2) is 0 Å². The highest BCUT2D eigenvalue weighted by molar-refractivity contribution is 5.07. The van der Waals surface area contributed by atoms with Gasteiger partial charge in [0, 0.05) is 12.2 Å². The second kappa shape index (κ2) is 5.97. The number of rotatable bonds is 4. The summed E-state index contributed by atoms with van der Waals surface area (Å²) >= 11 is 0. The van der Waals surface area contributed by atoms with E-state index in [4.69, 9.17) is 0 Å². The topological polar surface area (TPSA) is 37.0 Å². The van der Waals surface area contributed by atoms with Crippen LogP contribution >= 0.6 is 0 Å². The molecule has 3 heteroatoms. The highest BCUT2D eigenvalue weighted by Crippen LogP contribution is 2.12. The average molecular weight is 219 g/mol. The Morgan fingerprint density at radius 3 is 3.19 bits per heavy atom. The molecule has 1 fully saturated rings. The van der Waals surface area contributed by atoms with Gasteiger partial charge in [-0.05, 0) is 57.5 Å². The molecule has 88 valence electrons. The van der Waals surface area contributed by atoms with Crippen LogP contribution in [0.5, 0.6) is 0 Å². The van der Waals surface area contributed by atoms with E-state index in [0.717, 1.165) is 24.7 Å². The van der Waals surface area contributed by atoms with Gasteiger partial charge in [0.2, 0.25) is 0 Å². The fourth-order valence-electron chi connectivity index (χ4n) is 2.18. The van der Waals surface area contributed by atoms with Crippen molar-refractivity contribution in [1.82, 2.24) is 15.6 Å². The van der Waals surface area contributed by atoms with Crippen molar-refractivity contribution in [2.75, 3.05) is 19.6 Å². The van der Waals surface area contributed by atoms with E-state index < -0.39 is 0 Å². The molecule has 0 bridgehead atoms. The van der Waals surface area contributed by atoms with Crippen molar-refractivity contribution < 1.29 is 0 Å². The molecule has 0 saturated carbocycles. The second-order valence-corrected chi connectivity index (χ2v) is 4.60. The molecule has 0 aromatic carbocycles. The van der Waals surface area contributed by atoms with Crippen LogP contribution in [-0.4, -0.2) is 24.6 Å². The van der Waals surface area contributed by atoms with Crippen molar-refractivity contribution in [3.05, 3.63) is 30.1 Å². The fraction of sp³-hybridized carbons (Fsp3) is 0.615.